The quantitative estimate of drug-likeness (QED) is 0.397. The molecule has 1 atom stereocenters. The Bertz CT molecular complexity index is 1310. The Hall–Kier alpha value is -3.47. The highest BCUT2D eigenvalue weighted by atomic mass is 32.1. The second-order valence-electron chi connectivity index (χ2n) is 9.75. The summed E-state index contributed by atoms with van der Waals surface area (Å²) in [6.07, 6.45) is 2.11. The molecule has 0 radical (unpaired) electrons. The number of nitrogens with zero attached hydrogens (tertiary/aromatic N) is 3. The summed E-state index contributed by atoms with van der Waals surface area (Å²) in [6, 6.07) is 4.20. The summed E-state index contributed by atoms with van der Waals surface area (Å²) in [5, 5.41) is 3.91. The molecule has 1 amide bonds. The summed E-state index contributed by atoms with van der Waals surface area (Å²) in [5.74, 6) is -0.109. The molecule has 1 saturated heterocycles. The van der Waals surface area contributed by atoms with E-state index in [1.54, 1.807) is 17.9 Å². The second-order valence-corrected chi connectivity index (χ2v) is 10.8. The molecule has 1 aromatic carbocycles. The van der Waals surface area contributed by atoms with Gasteiger partial charge in [-0.05, 0) is 65.2 Å². The number of esters is 1. The maximum atomic E-state index is 14.2. The third-order valence-electron chi connectivity index (χ3n) is 5.71. The van der Waals surface area contributed by atoms with Gasteiger partial charge in [-0.25, -0.2) is 23.9 Å². The van der Waals surface area contributed by atoms with Gasteiger partial charge in [0.1, 0.15) is 45.1 Å². The third kappa shape index (κ3) is 6.27. The molecular formula is C26H31FN4O5S. The average Bonchev–Trinajstić information content (AvgIpc) is 3.17. The number of fused-ring (bicyclic) bond motifs is 1. The van der Waals surface area contributed by atoms with E-state index in [0.29, 0.717) is 57.4 Å². The zero-order valence-electron chi connectivity index (χ0n) is 21.6. The van der Waals surface area contributed by atoms with Gasteiger partial charge in [0, 0.05) is 12.6 Å². The van der Waals surface area contributed by atoms with Crippen molar-refractivity contribution in [2.45, 2.75) is 59.2 Å². The Balaban J connectivity index is 1.58. The van der Waals surface area contributed by atoms with Crippen molar-refractivity contribution < 1.29 is 28.2 Å². The number of nitrogens with one attached hydrogen (secondary N) is 1. The molecule has 1 aliphatic rings. The lowest BCUT2D eigenvalue weighted by Crippen LogP contribution is -2.46. The number of ether oxygens (including phenoxy) is 3. The third-order valence-corrected chi connectivity index (χ3v) is 6.89. The summed E-state index contributed by atoms with van der Waals surface area (Å²) in [7, 11) is 0. The standard InChI is InChI=1S/C26H31FN4O5S/c1-6-34-24(32)21-15(2)20-22(28-14-29-23(20)37-21)30-18-10-9-16(27)12-19(18)35-17-8-7-11-31(13-17)25(33)36-26(3,4)5/h9-10,12,14,17H,6-8,11,13H2,1-5H3,(H,28,29,30). The summed E-state index contributed by atoms with van der Waals surface area (Å²) in [5.41, 5.74) is 0.603. The Morgan fingerprint density at radius 2 is 2.05 bits per heavy atom. The Morgan fingerprint density at radius 1 is 1.27 bits per heavy atom. The van der Waals surface area contributed by atoms with Crippen LogP contribution in [0.3, 0.4) is 0 Å². The fourth-order valence-corrected chi connectivity index (χ4v) is 5.13. The van der Waals surface area contributed by atoms with Crippen LogP contribution in [0.15, 0.2) is 24.5 Å². The van der Waals surface area contributed by atoms with Crippen molar-refractivity contribution in [1.29, 1.82) is 0 Å². The van der Waals surface area contributed by atoms with Crippen molar-refractivity contribution in [2.24, 2.45) is 0 Å². The number of aromatic nitrogens is 2. The van der Waals surface area contributed by atoms with Crippen molar-refractivity contribution >= 4 is 45.1 Å². The molecule has 0 aliphatic carbocycles. The number of thiophene rings is 1. The van der Waals surface area contributed by atoms with Gasteiger partial charge in [-0.1, -0.05) is 0 Å². The number of likely N-dealkylation sites (tertiary alicyclic amines) is 1. The van der Waals surface area contributed by atoms with E-state index in [9.17, 15) is 14.0 Å². The normalized spacial score (nSPS) is 15.9. The van der Waals surface area contributed by atoms with Gasteiger partial charge in [-0.15, -0.1) is 11.3 Å². The van der Waals surface area contributed by atoms with Gasteiger partial charge < -0.3 is 24.4 Å². The van der Waals surface area contributed by atoms with Crippen molar-refractivity contribution in [3.63, 3.8) is 0 Å². The van der Waals surface area contributed by atoms with Crippen molar-refractivity contribution in [1.82, 2.24) is 14.9 Å². The molecule has 9 nitrogen and oxygen atoms in total. The van der Waals surface area contributed by atoms with Gasteiger partial charge in [0.15, 0.2) is 0 Å². The highest BCUT2D eigenvalue weighted by Gasteiger charge is 2.29. The molecular weight excluding hydrogens is 499 g/mol. The summed E-state index contributed by atoms with van der Waals surface area (Å²) >= 11 is 1.23. The predicted octanol–water partition coefficient (Wildman–Crippen LogP) is 5.84. The van der Waals surface area contributed by atoms with E-state index in [1.807, 2.05) is 27.7 Å². The number of carbonyl (C=O) groups is 2. The van der Waals surface area contributed by atoms with E-state index in [-0.39, 0.29) is 12.7 Å². The highest BCUT2D eigenvalue weighted by Crippen LogP contribution is 2.37. The maximum Gasteiger partial charge on any atom is 0.410 e. The minimum atomic E-state index is -0.597. The van der Waals surface area contributed by atoms with Crippen LogP contribution in [0.25, 0.3) is 10.2 Å². The Morgan fingerprint density at radius 3 is 2.78 bits per heavy atom. The summed E-state index contributed by atoms with van der Waals surface area (Å²) in [4.78, 5) is 36.3. The number of carbonyl (C=O) groups excluding carboxylic acids is 2. The van der Waals surface area contributed by atoms with Gasteiger partial charge in [-0.2, -0.15) is 0 Å². The first-order valence-electron chi connectivity index (χ1n) is 12.2. The molecule has 0 saturated carbocycles. The summed E-state index contributed by atoms with van der Waals surface area (Å²) < 4.78 is 31.1. The molecule has 1 aliphatic heterocycles. The monoisotopic (exact) mass is 530 g/mol. The fraction of sp³-hybridized carbons (Fsp3) is 0.462. The number of anilines is 2. The molecule has 2 aromatic heterocycles. The SMILES string of the molecule is CCOC(=O)c1sc2ncnc(Nc3ccc(F)cc3OC3CCCN(C(=O)OC(C)(C)C)C3)c2c1C. The number of benzene rings is 1. The van der Waals surface area contributed by atoms with Crippen LogP contribution in [0.2, 0.25) is 0 Å². The lowest BCUT2D eigenvalue weighted by molar-refractivity contribution is 0.00780. The Kier molecular flexibility index (Phi) is 7.82. The first kappa shape index (κ1) is 26.6. The van der Waals surface area contributed by atoms with E-state index in [2.05, 4.69) is 15.3 Å². The molecule has 1 N–H and O–H groups in total. The van der Waals surface area contributed by atoms with Crippen molar-refractivity contribution in [2.75, 3.05) is 25.0 Å². The first-order valence-corrected chi connectivity index (χ1v) is 13.0. The molecule has 0 spiro atoms. The van der Waals surface area contributed by atoms with Gasteiger partial charge in [0.2, 0.25) is 0 Å². The Labute approximate surface area is 218 Å². The molecule has 1 fully saturated rings. The van der Waals surface area contributed by atoms with Crippen LogP contribution in [-0.4, -0.2) is 58.3 Å². The van der Waals surface area contributed by atoms with E-state index >= 15 is 0 Å². The maximum absolute atomic E-state index is 14.2. The molecule has 198 valence electrons. The van der Waals surface area contributed by atoms with Crippen molar-refractivity contribution in [3.05, 3.63) is 40.8 Å². The number of aryl methyl sites for hydroxylation is 1. The van der Waals surface area contributed by atoms with E-state index in [0.717, 1.165) is 6.42 Å². The zero-order valence-corrected chi connectivity index (χ0v) is 22.4. The summed E-state index contributed by atoms with van der Waals surface area (Å²) in [6.45, 7) is 10.2. The van der Waals surface area contributed by atoms with E-state index in [4.69, 9.17) is 14.2 Å². The molecule has 1 unspecified atom stereocenters. The van der Waals surface area contributed by atoms with Gasteiger partial charge in [0.25, 0.3) is 0 Å². The fourth-order valence-electron chi connectivity index (χ4n) is 4.09. The molecule has 3 heterocycles. The van der Waals surface area contributed by atoms with Crippen LogP contribution < -0.4 is 10.1 Å². The minimum absolute atomic E-state index is 0.270. The van der Waals surface area contributed by atoms with Crippen molar-refractivity contribution in [3.8, 4) is 5.75 Å². The molecule has 4 rings (SSSR count). The molecule has 3 aromatic rings. The lowest BCUT2D eigenvalue weighted by Gasteiger charge is -2.34. The van der Waals surface area contributed by atoms with Crippen LogP contribution in [-0.2, 0) is 9.47 Å². The lowest BCUT2D eigenvalue weighted by atomic mass is 10.1. The smallest absolute Gasteiger partial charge is 0.410 e. The predicted molar refractivity (Wildman–Crippen MR) is 139 cm³/mol. The van der Waals surface area contributed by atoms with Gasteiger partial charge in [0.05, 0.1) is 24.2 Å². The number of piperidine rings is 1. The van der Waals surface area contributed by atoms with E-state index in [1.165, 1.54) is 29.8 Å². The number of hydrogen-bond acceptors (Lipinski definition) is 9. The van der Waals surface area contributed by atoms with Crippen LogP contribution in [0.1, 0.15) is 55.8 Å². The first-order chi connectivity index (χ1) is 17.6. The van der Waals surface area contributed by atoms with Crippen LogP contribution in [0.4, 0.5) is 20.7 Å². The number of hydrogen-bond donors (Lipinski definition) is 1. The number of rotatable bonds is 6. The number of amides is 1. The zero-order chi connectivity index (χ0) is 26.7. The van der Waals surface area contributed by atoms with Gasteiger partial charge >= 0.3 is 12.1 Å². The molecule has 37 heavy (non-hydrogen) atoms. The van der Waals surface area contributed by atoms with E-state index < -0.39 is 23.5 Å². The van der Waals surface area contributed by atoms with Crippen LogP contribution in [0.5, 0.6) is 5.75 Å². The second kappa shape index (κ2) is 10.9. The molecule has 11 heteroatoms. The largest absolute Gasteiger partial charge is 0.486 e. The van der Waals surface area contributed by atoms with Gasteiger partial charge in [-0.3, -0.25) is 0 Å². The van der Waals surface area contributed by atoms with Crippen LogP contribution >= 0.6 is 11.3 Å². The average molecular weight is 531 g/mol. The molecule has 0 bridgehead atoms. The number of halogens is 1. The topological polar surface area (TPSA) is 103 Å². The minimum Gasteiger partial charge on any atom is -0.486 e. The highest BCUT2D eigenvalue weighted by molar-refractivity contribution is 7.20. The van der Waals surface area contributed by atoms with Crippen LogP contribution in [0, 0.1) is 12.7 Å².